The smallest absolute Gasteiger partial charge is 0.304 e. The molecule has 0 spiro atoms. The van der Waals surface area contributed by atoms with Crippen molar-refractivity contribution in [1.82, 2.24) is 0 Å². The second kappa shape index (κ2) is 21.0. The van der Waals surface area contributed by atoms with Crippen molar-refractivity contribution in [2.24, 2.45) is 0 Å². The minimum Gasteiger partial charge on any atom is -0.396 e. The van der Waals surface area contributed by atoms with Crippen LogP contribution in [0, 0.1) is 0 Å². The molecule has 212 valence electrons. The minimum atomic E-state index is -0.684. The summed E-state index contributed by atoms with van der Waals surface area (Å²) in [5.41, 5.74) is 6.79. The number of allylic oxidation sites excluding steroid dienone is 8. The van der Waals surface area contributed by atoms with Crippen molar-refractivity contribution >= 4 is 10.0 Å². The molecular weight excluding hydrogens is 468 g/mol. The Bertz CT molecular complexity index is 601. The normalized spacial score (nSPS) is 21.4. The molecule has 0 heterocycles. The monoisotopic (exact) mass is 528 g/mol. The van der Waals surface area contributed by atoms with Gasteiger partial charge in [-0.25, -0.2) is 0 Å². The molecule has 3 heteroatoms. The van der Waals surface area contributed by atoms with Crippen molar-refractivity contribution in [2.75, 3.05) is 0 Å². The van der Waals surface area contributed by atoms with Gasteiger partial charge in [-0.05, 0) is 153 Å². The summed E-state index contributed by atoms with van der Waals surface area (Å²) in [5.74, 6) is 0. The van der Waals surface area contributed by atoms with Crippen LogP contribution in [-0.2, 0) is 8.85 Å². The van der Waals surface area contributed by atoms with E-state index in [0.29, 0.717) is 12.2 Å². The summed E-state index contributed by atoms with van der Waals surface area (Å²) < 4.78 is 10.5. The maximum Gasteiger partial charge on any atom is 0.304 e. The Kier molecular flexibility index (Phi) is 18.3. The van der Waals surface area contributed by atoms with Crippen LogP contribution in [0.4, 0.5) is 0 Å². The SMILES string of the molecule is C1=C(C2=CCCCCC2)CCCCC1.C1=C(C2=CCCCCC2)CCCCC1.CC(C)O[SiH2]OC(C)C. The molecule has 37 heavy (non-hydrogen) atoms. The highest BCUT2D eigenvalue weighted by Gasteiger charge is 2.10. The lowest BCUT2D eigenvalue weighted by atomic mass is 9.97. The molecule has 0 saturated heterocycles. The topological polar surface area (TPSA) is 18.5 Å². The van der Waals surface area contributed by atoms with Crippen LogP contribution < -0.4 is 0 Å². The number of hydrogen-bond acceptors (Lipinski definition) is 2. The summed E-state index contributed by atoms with van der Waals surface area (Å²) in [6, 6.07) is 0. The van der Waals surface area contributed by atoms with Crippen LogP contribution in [0.3, 0.4) is 0 Å². The molecule has 2 nitrogen and oxygen atoms in total. The fourth-order valence-corrected chi connectivity index (χ4v) is 6.16. The second-order valence-electron chi connectivity index (χ2n) is 11.9. The highest BCUT2D eigenvalue weighted by Crippen LogP contribution is 2.30. The molecule has 0 aliphatic heterocycles. The number of rotatable bonds is 6. The lowest BCUT2D eigenvalue weighted by molar-refractivity contribution is 0.152. The summed E-state index contributed by atoms with van der Waals surface area (Å²) in [6.07, 6.45) is 38.5. The van der Waals surface area contributed by atoms with Gasteiger partial charge < -0.3 is 8.85 Å². The lowest BCUT2D eigenvalue weighted by Crippen LogP contribution is -2.14. The first-order valence-corrected chi connectivity index (χ1v) is 17.2. The van der Waals surface area contributed by atoms with E-state index in [1.54, 1.807) is 22.3 Å². The first kappa shape index (κ1) is 32.3. The Hall–Kier alpha value is -0.903. The highest BCUT2D eigenvalue weighted by atomic mass is 28.3. The molecule has 0 unspecified atom stereocenters. The Morgan fingerprint density at radius 3 is 0.946 bits per heavy atom. The van der Waals surface area contributed by atoms with Crippen LogP contribution in [0.25, 0.3) is 0 Å². The molecule has 0 fully saturated rings. The Balaban J connectivity index is 0.000000201. The van der Waals surface area contributed by atoms with Gasteiger partial charge in [-0.2, -0.15) is 0 Å². The molecule has 0 radical (unpaired) electrons. The van der Waals surface area contributed by atoms with Crippen LogP contribution in [0.2, 0.25) is 0 Å². The standard InChI is InChI=1S/2C14H22.C6H16O2Si/c2*1-2-6-10-13(9-5-1)14-11-7-3-4-8-12-14;1-5(2)7-9-8-6(3)4/h2*9,11H,1-8,10,12H2;5-6H,9H2,1-4H3. The van der Waals surface area contributed by atoms with E-state index in [-0.39, 0.29) is 0 Å². The van der Waals surface area contributed by atoms with Gasteiger partial charge in [0.1, 0.15) is 0 Å². The van der Waals surface area contributed by atoms with Crippen molar-refractivity contribution in [2.45, 2.75) is 168 Å². The largest absolute Gasteiger partial charge is 0.396 e. The first-order chi connectivity index (χ1) is 18.1. The molecular formula is C34H60O2Si. The third kappa shape index (κ3) is 15.9. The van der Waals surface area contributed by atoms with Gasteiger partial charge >= 0.3 is 10.0 Å². The second-order valence-corrected chi connectivity index (χ2v) is 12.8. The van der Waals surface area contributed by atoms with Crippen LogP contribution >= 0.6 is 0 Å². The molecule has 0 aromatic rings. The van der Waals surface area contributed by atoms with Crippen molar-refractivity contribution < 1.29 is 8.85 Å². The molecule has 4 rings (SSSR count). The van der Waals surface area contributed by atoms with Crippen LogP contribution in [0.1, 0.15) is 156 Å². The van der Waals surface area contributed by atoms with Gasteiger partial charge in [0.25, 0.3) is 0 Å². The average molecular weight is 529 g/mol. The highest BCUT2D eigenvalue weighted by molar-refractivity contribution is 6.18. The van der Waals surface area contributed by atoms with Gasteiger partial charge in [0.2, 0.25) is 0 Å². The van der Waals surface area contributed by atoms with E-state index in [2.05, 4.69) is 24.3 Å². The maximum absolute atomic E-state index is 5.27. The molecule has 0 N–H and O–H groups in total. The van der Waals surface area contributed by atoms with Crippen molar-refractivity contribution in [1.29, 1.82) is 0 Å². The van der Waals surface area contributed by atoms with E-state index < -0.39 is 10.0 Å². The van der Waals surface area contributed by atoms with Gasteiger partial charge in [0.05, 0.1) is 0 Å². The van der Waals surface area contributed by atoms with Gasteiger partial charge in [0, 0.05) is 12.2 Å². The average Bonchev–Trinajstić information content (AvgIpc) is 3.49. The van der Waals surface area contributed by atoms with E-state index in [1.807, 2.05) is 27.7 Å². The Morgan fingerprint density at radius 1 is 0.432 bits per heavy atom. The summed E-state index contributed by atoms with van der Waals surface area (Å²) in [4.78, 5) is 0. The van der Waals surface area contributed by atoms with E-state index in [1.165, 1.54) is 128 Å². The molecule has 4 aliphatic rings. The zero-order chi connectivity index (χ0) is 26.6. The molecule has 0 saturated carbocycles. The Labute approximate surface area is 233 Å². The molecule has 0 bridgehead atoms. The first-order valence-electron chi connectivity index (χ1n) is 16.1. The molecule has 0 atom stereocenters. The molecule has 0 amide bonds. The van der Waals surface area contributed by atoms with Gasteiger partial charge in [-0.3, -0.25) is 0 Å². The fraction of sp³-hybridized carbons (Fsp3) is 0.765. The predicted molar refractivity (Wildman–Crippen MR) is 166 cm³/mol. The van der Waals surface area contributed by atoms with E-state index >= 15 is 0 Å². The van der Waals surface area contributed by atoms with E-state index in [9.17, 15) is 0 Å². The number of hydrogen-bond donors (Lipinski definition) is 0. The van der Waals surface area contributed by atoms with Gasteiger partial charge in [-0.1, -0.05) is 50.0 Å². The quantitative estimate of drug-likeness (QED) is 0.319. The van der Waals surface area contributed by atoms with Crippen LogP contribution in [0.5, 0.6) is 0 Å². The summed E-state index contributed by atoms with van der Waals surface area (Å²) in [6.45, 7) is 8.10. The zero-order valence-electron chi connectivity index (χ0n) is 25.1. The molecule has 0 aromatic carbocycles. The third-order valence-electron chi connectivity index (χ3n) is 7.79. The van der Waals surface area contributed by atoms with Crippen LogP contribution in [0.15, 0.2) is 46.6 Å². The van der Waals surface area contributed by atoms with E-state index in [4.69, 9.17) is 8.85 Å². The Morgan fingerprint density at radius 2 is 0.703 bits per heavy atom. The summed E-state index contributed by atoms with van der Waals surface area (Å²) >= 11 is 0. The van der Waals surface area contributed by atoms with Crippen molar-refractivity contribution in [3.63, 3.8) is 0 Å². The third-order valence-corrected chi connectivity index (χ3v) is 9.40. The summed E-state index contributed by atoms with van der Waals surface area (Å²) in [5, 5.41) is 0. The summed E-state index contributed by atoms with van der Waals surface area (Å²) in [7, 11) is -0.684. The van der Waals surface area contributed by atoms with Crippen molar-refractivity contribution in [3.8, 4) is 0 Å². The molecule has 0 aromatic heterocycles. The zero-order valence-corrected chi connectivity index (χ0v) is 26.5. The minimum absolute atomic E-state index is 0.329. The molecule has 4 aliphatic carbocycles. The van der Waals surface area contributed by atoms with Crippen LogP contribution in [-0.4, -0.2) is 22.2 Å². The van der Waals surface area contributed by atoms with Crippen molar-refractivity contribution in [3.05, 3.63) is 46.6 Å². The van der Waals surface area contributed by atoms with Gasteiger partial charge in [-0.15, -0.1) is 0 Å². The maximum atomic E-state index is 5.27. The predicted octanol–water partition coefficient (Wildman–Crippen LogP) is 10.4. The van der Waals surface area contributed by atoms with E-state index in [0.717, 1.165) is 0 Å². The van der Waals surface area contributed by atoms with Gasteiger partial charge in [0.15, 0.2) is 0 Å². The fourth-order valence-electron chi connectivity index (χ4n) is 5.54. The lowest BCUT2D eigenvalue weighted by Gasteiger charge is -2.09.